The van der Waals surface area contributed by atoms with E-state index in [-0.39, 0.29) is 12.1 Å². The highest BCUT2D eigenvalue weighted by atomic mass is 32.2. The molecule has 2 aromatic rings. The molecular formula is C16H18FN3O4S. The molecule has 0 heterocycles. The lowest BCUT2D eigenvalue weighted by atomic mass is 10.1. The Kier molecular flexibility index (Phi) is 5.60. The van der Waals surface area contributed by atoms with Crippen LogP contribution in [0.3, 0.4) is 0 Å². The molecule has 0 bridgehead atoms. The van der Waals surface area contributed by atoms with Crippen LogP contribution in [0.4, 0.5) is 10.1 Å². The number of carbonyl (C=O) groups excluding carboxylic acids is 1. The van der Waals surface area contributed by atoms with Crippen LogP contribution in [0.2, 0.25) is 0 Å². The molecule has 9 heteroatoms. The Morgan fingerprint density at radius 3 is 2.40 bits per heavy atom. The summed E-state index contributed by atoms with van der Waals surface area (Å²) in [7, 11) is -2.23. The molecule has 25 heavy (non-hydrogen) atoms. The van der Waals surface area contributed by atoms with Crippen molar-refractivity contribution in [3.8, 4) is 5.75 Å². The number of nitrogen functional groups attached to an aromatic ring is 1. The summed E-state index contributed by atoms with van der Waals surface area (Å²) in [5, 5.41) is 0. The lowest BCUT2D eigenvalue weighted by molar-refractivity contribution is 0.0953. The average molecular weight is 367 g/mol. The van der Waals surface area contributed by atoms with Crippen molar-refractivity contribution < 1.29 is 22.3 Å². The molecule has 3 N–H and O–H groups in total. The summed E-state index contributed by atoms with van der Waals surface area (Å²) in [5.41, 5.74) is 3.02. The van der Waals surface area contributed by atoms with E-state index in [4.69, 9.17) is 10.6 Å². The third-order valence-electron chi connectivity index (χ3n) is 3.50. The Labute approximate surface area is 145 Å². The molecule has 0 fully saturated rings. The van der Waals surface area contributed by atoms with Gasteiger partial charge in [-0.2, -0.15) is 0 Å². The number of anilines is 1. The number of benzene rings is 2. The summed E-state index contributed by atoms with van der Waals surface area (Å²) >= 11 is 0. The van der Waals surface area contributed by atoms with E-state index in [1.807, 2.05) is 5.43 Å². The largest absolute Gasteiger partial charge is 0.496 e. The Balaban J connectivity index is 2.48. The standard InChI is InChI=1S/C16H18FN3O4S/c1-24-15-8-3-11(16(21)19-18)9-12(15)10-20(25(2,22)23)14-6-4-13(17)5-7-14/h3-9H,10,18H2,1-2H3,(H,19,21). The number of rotatable bonds is 6. The van der Waals surface area contributed by atoms with Gasteiger partial charge in [0.05, 0.1) is 25.6 Å². The van der Waals surface area contributed by atoms with Gasteiger partial charge >= 0.3 is 0 Å². The number of nitrogens with two attached hydrogens (primary N) is 1. The first-order valence-electron chi connectivity index (χ1n) is 7.17. The van der Waals surface area contributed by atoms with Gasteiger partial charge in [-0.3, -0.25) is 14.5 Å². The van der Waals surface area contributed by atoms with E-state index in [0.29, 0.717) is 17.0 Å². The van der Waals surface area contributed by atoms with Gasteiger partial charge in [0.15, 0.2) is 0 Å². The summed E-state index contributed by atoms with van der Waals surface area (Å²) in [5.74, 6) is 4.54. The molecule has 0 aromatic heterocycles. The predicted octanol–water partition coefficient (Wildman–Crippen LogP) is 1.40. The van der Waals surface area contributed by atoms with E-state index in [2.05, 4.69) is 0 Å². The molecule has 0 aliphatic carbocycles. The van der Waals surface area contributed by atoms with Crippen LogP contribution >= 0.6 is 0 Å². The quantitative estimate of drug-likeness (QED) is 0.457. The van der Waals surface area contributed by atoms with Crippen LogP contribution < -0.4 is 20.3 Å². The molecule has 0 saturated heterocycles. The van der Waals surface area contributed by atoms with Crippen molar-refractivity contribution in [3.63, 3.8) is 0 Å². The molecule has 0 unspecified atom stereocenters. The average Bonchev–Trinajstić information content (AvgIpc) is 2.58. The van der Waals surface area contributed by atoms with Crippen LogP contribution in [0, 0.1) is 5.82 Å². The molecule has 2 aromatic carbocycles. The van der Waals surface area contributed by atoms with Gasteiger partial charge in [0.2, 0.25) is 10.0 Å². The van der Waals surface area contributed by atoms with Crippen molar-refractivity contribution >= 4 is 21.6 Å². The molecule has 0 aliphatic rings. The minimum Gasteiger partial charge on any atom is -0.496 e. The van der Waals surface area contributed by atoms with Crippen LogP contribution in [0.25, 0.3) is 0 Å². The maximum Gasteiger partial charge on any atom is 0.265 e. The zero-order chi connectivity index (χ0) is 18.6. The Morgan fingerprint density at radius 2 is 1.88 bits per heavy atom. The summed E-state index contributed by atoms with van der Waals surface area (Å²) < 4.78 is 43.8. The number of amides is 1. The second-order valence-corrected chi connectivity index (χ2v) is 7.15. The summed E-state index contributed by atoms with van der Waals surface area (Å²) in [6.07, 6.45) is 1.04. The van der Waals surface area contributed by atoms with E-state index in [0.717, 1.165) is 10.6 Å². The summed E-state index contributed by atoms with van der Waals surface area (Å²) in [4.78, 5) is 11.7. The van der Waals surface area contributed by atoms with E-state index < -0.39 is 21.7 Å². The van der Waals surface area contributed by atoms with Crippen LogP contribution in [0.5, 0.6) is 5.75 Å². The molecule has 1 amide bonds. The third-order valence-corrected chi connectivity index (χ3v) is 4.64. The zero-order valence-electron chi connectivity index (χ0n) is 13.7. The third kappa shape index (κ3) is 4.46. The predicted molar refractivity (Wildman–Crippen MR) is 92.1 cm³/mol. The molecule has 7 nitrogen and oxygen atoms in total. The number of ether oxygens (including phenoxy) is 1. The SMILES string of the molecule is COc1ccc(C(=O)NN)cc1CN(c1ccc(F)cc1)S(C)(=O)=O. The smallest absolute Gasteiger partial charge is 0.265 e. The number of hydrogen-bond acceptors (Lipinski definition) is 5. The number of nitrogens with one attached hydrogen (secondary N) is 1. The Hall–Kier alpha value is -2.65. The van der Waals surface area contributed by atoms with Gasteiger partial charge in [-0.05, 0) is 42.5 Å². The van der Waals surface area contributed by atoms with Gasteiger partial charge in [0, 0.05) is 11.1 Å². The minimum absolute atomic E-state index is 0.0979. The fourth-order valence-corrected chi connectivity index (χ4v) is 3.17. The number of halogens is 1. The molecule has 0 saturated carbocycles. The number of nitrogens with zero attached hydrogens (tertiary/aromatic N) is 1. The number of hydrogen-bond donors (Lipinski definition) is 2. The van der Waals surface area contributed by atoms with Crippen molar-refractivity contribution in [2.24, 2.45) is 5.84 Å². The lowest BCUT2D eigenvalue weighted by Crippen LogP contribution is -2.31. The van der Waals surface area contributed by atoms with Crippen molar-refractivity contribution in [1.82, 2.24) is 5.43 Å². The monoisotopic (exact) mass is 367 g/mol. The number of carbonyl (C=O) groups is 1. The van der Waals surface area contributed by atoms with E-state index in [9.17, 15) is 17.6 Å². The van der Waals surface area contributed by atoms with Crippen molar-refractivity contribution in [1.29, 1.82) is 0 Å². The van der Waals surface area contributed by atoms with Crippen molar-refractivity contribution in [2.45, 2.75) is 6.54 Å². The molecule has 0 aliphatic heterocycles. The molecule has 134 valence electrons. The summed E-state index contributed by atoms with van der Waals surface area (Å²) in [6, 6.07) is 9.60. The topological polar surface area (TPSA) is 102 Å². The number of methoxy groups -OCH3 is 1. The first kappa shape index (κ1) is 18.7. The number of hydrazine groups is 1. The van der Waals surface area contributed by atoms with Gasteiger partial charge in [0.25, 0.3) is 5.91 Å². The van der Waals surface area contributed by atoms with Gasteiger partial charge in [-0.15, -0.1) is 0 Å². The molecule has 0 atom stereocenters. The highest BCUT2D eigenvalue weighted by molar-refractivity contribution is 7.92. The zero-order valence-corrected chi connectivity index (χ0v) is 14.5. The first-order chi connectivity index (χ1) is 11.8. The normalized spacial score (nSPS) is 11.0. The van der Waals surface area contributed by atoms with E-state index in [1.165, 1.54) is 43.5 Å². The lowest BCUT2D eigenvalue weighted by Gasteiger charge is -2.23. The van der Waals surface area contributed by atoms with Crippen LogP contribution in [-0.2, 0) is 16.6 Å². The first-order valence-corrected chi connectivity index (χ1v) is 9.02. The Bertz CT molecular complexity index is 869. The molecule has 0 spiro atoms. The highest BCUT2D eigenvalue weighted by Crippen LogP contribution is 2.26. The van der Waals surface area contributed by atoms with E-state index >= 15 is 0 Å². The fraction of sp³-hybridized carbons (Fsp3) is 0.188. The van der Waals surface area contributed by atoms with Crippen LogP contribution in [0.15, 0.2) is 42.5 Å². The van der Waals surface area contributed by atoms with Crippen molar-refractivity contribution in [3.05, 3.63) is 59.4 Å². The minimum atomic E-state index is -3.66. The molecule has 0 radical (unpaired) electrons. The van der Waals surface area contributed by atoms with Gasteiger partial charge < -0.3 is 4.74 Å². The highest BCUT2D eigenvalue weighted by Gasteiger charge is 2.20. The van der Waals surface area contributed by atoms with Crippen molar-refractivity contribution in [2.75, 3.05) is 17.7 Å². The van der Waals surface area contributed by atoms with Gasteiger partial charge in [-0.1, -0.05) is 0 Å². The Morgan fingerprint density at radius 1 is 1.24 bits per heavy atom. The van der Waals surface area contributed by atoms with E-state index in [1.54, 1.807) is 6.07 Å². The second-order valence-electron chi connectivity index (χ2n) is 5.25. The number of sulfonamides is 1. The molecule has 2 rings (SSSR count). The van der Waals surface area contributed by atoms with Crippen LogP contribution in [0.1, 0.15) is 15.9 Å². The second kappa shape index (κ2) is 7.49. The van der Waals surface area contributed by atoms with Gasteiger partial charge in [-0.25, -0.2) is 18.7 Å². The summed E-state index contributed by atoms with van der Waals surface area (Å²) in [6.45, 7) is -0.0979. The van der Waals surface area contributed by atoms with Gasteiger partial charge in [0.1, 0.15) is 11.6 Å². The molecular weight excluding hydrogens is 349 g/mol. The maximum atomic E-state index is 13.1. The van der Waals surface area contributed by atoms with Crippen LogP contribution in [-0.4, -0.2) is 27.7 Å². The maximum absolute atomic E-state index is 13.1. The fourth-order valence-electron chi connectivity index (χ4n) is 2.29.